The summed E-state index contributed by atoms with van der Waals surface area (Å²) in [6.07, 6.45) is 4.57. The summed E-state index contributed by atoms with van der Waals surface area (Å²) in [5, 5.41) is 9.03. The molecular formula is C10H16O2. The minimum atomic E-state index is 0.00958. The minimum Gasteiger partial charge on any atom is -0.392 e. The molecule has 1 aliphatic carbocycles. The first-order valence-corrected chi connectivity index (χ1v) is 4.37. The summed E-state index contributed by atoms with van der Waals surface area (Å²) >= 11 is 0. The zero-order chi connectivity index (χ0) is 9.19. The molecule has 12 heavy (non-hydrogen) atoms. The second-order valence-electron chi connectivity index (χ2n) is 3.94. The van der Waals surface area contributed by atoms with E-state index in [0.29, 0.717) is 12.3 Å². The molecule has 68 valence electrons. The number of aldehydes is 1. The van der Waals surface area contributed by atoms with E-state index < -0.39 is 0 Å². The number of rotatable bonds is 3. The molecule has 0 fully saturated rings. The van der Waals surface area contributed by atoms with E-state index in [1.54, 1.807) is 0 Å². The van der Waals surface area contributed by atoms with Crippen molar-refractivity contribution in [2.24, 2.45) is 11.3 Å². The molecule has 0 aliphatic heterocycles. The van der Waals surface area contributed by atoms with Crippen LogP contribution in [0.1, 0.15) is 26.7 Å². The first-order chi connectivity index (χ1) is 5.62. The maximum atomic E-state index is 10.4. The molecule has 0 aromatic rings. The summed E-state index contributed by atoms with van der Waals surface area (Å²) in [5.74, 6) is 0.386. The third-order valence-corrected chi connectivity index (χ3v) is 3.05. The third kappa shape index (κ3) is 1.44. The molecule has 0 spiro atoms. The van der Waals surface area contributed by atoms with Gasteiger partial charge in [-0.3, -0.25) is 0 Å². The van der Waals surface area contributed by atoms with Crippen LogP contribution in [0, 0.1) is 11.3 Å². The zero-order valence-electron chi connectivity index (χ0n) is 7.71. The summed E-state index contributed by atoms with van der Waals surface area (Å²) in [4.78, 5) is 10.4. The van der Waals surface area contributed by atoms with Crippen LogP contribution in [0.3, 0.4) is 0 Å². The molecule has 0 aromatic carbocycles. The van der Waals surface area contributed by atoms with Crippen molar-refractivity contribution in [1.82, 2.24) is 0 Å². The first kappa shape index (κ1) is 9.46. The van der Waals surface area contributed by atoms with Crippen molar-refractivity contribution in [3.63, 3.8) is 0 Å². The Morgan fingerprint density at radius 2 is 2.42 bits per heavy atom. The average molecular weight is 168 g/mol. The Morgan fingerprint density at radius 1 is 1.75 bits per heavy atom. The summed E-state index contributed by atoms with van der Waals surface area (Å²) in [6, 6.07) is 0. The molecule has 0 bridgehead atoms. The molecule has 1 rings (SSSR count). The fraction of sp³-hybridized carbons (Fsp3) is 0.700. The summed E-state index contributed by atoms with van der Waals surface area (Å²) in [5.41, 5.74) is 1.09. The molecule has 0 saturated carbocycles. The number of allylic oxidation sites excluding steroid dienone is 1. The molecule has 0 saturated heterocycles. The highest BCUT2D eigenvalue weighted by Gasteiger charge is 2.35. The predicted molar refractivity (Wildman–Crippen MR) is 47.7 cm³/mol. The van der Waals surface area contributed by atoms with E-state index >= 15 is 0 Å². The smallest absolute Gasteiger partial charge is 0.120 e. The van der Waals surface area contributed by atoms with Gasteiger partial charge in [0.25, 0.3) is 0 Å². The number of aliphatic hydroxyl groups is 1. The van der Waals surface area contributed by atoms with E-state index in [2.05, 4.69) is 19.9 Å². The van der Waals surface area contributed by atoms with Crippen molar-refractivity contribution >= 4 is 6.29 Å². The molecule has 1 N–H and O–H groups in total. The first-order valence-electron chi connectivity index (χ1n) is 4.37. The van der Waals surface area contributed by atoms with Gasteiger partial charge in [-0.05, 0) is 23.3 Å². The standard InChI is InChI=1S/C10H16O2/c1-10(2)8(5-6-11)3-4-9(10)7-12/h4,6,8,12H,3,5,7H2,1-2H3. The SMILES string of the molecule is CC1(C)C(CO)=CCC1CC=O. The van der Waals surface area contributed by atoms with E-state index in [1.807, 2.05) is 0 Å². The number of carbonyl (C=O) groups excluding carboxylic acids is 1. The Kier molecular flexibility index (Phi) is 2.68. The topological polar surface area (TPSA) is 37.3 Å². The Balaban J connectivity index is 2.71. The highest BCUT2D eigenvalue weighted by molar-refractivity contribution is 5.50. The molecule has 2 heteroatoms. The van der Waals surface area contributed by atoms with Gasteiger partial charge in [-0.2, -0.15) is 0 Å². The largest absolute Gasteiger partial charge is 0.392 e. The Bertz CT molecular complexity index is 204. The molecule has 1 atom stereocenters. The maximum absolute atomic E-state index is 10.4. The van der Waals surface area contributed by atoms with Crippen molar-refractivity contribution in [3.8, 4) is 0 Å². The van der Waals surface area contributed by atoms with E-state index in [1.165, 1.54) is 0 Å². The molecule has 1 unspecified atom stereocenters. The van der Waals surface area contributed by atoms with Crippen LogP contribution in [0.2, 0.25) is 0 Å². The maximum Gasteiger partial charge on any atom is 0.120 e. The van der Waals surface area contributed by atoms with Crippen LogP contribution in [-0.4, -0.2) is 18.0 Å². The quantitative estimate of drug-likeness (QED) is 0.512. The Hall–Kier alpha value is -0.630. The van der Waals surface area contributed by atoms with Gasteiger partial charge in [0.05, 0.1) is 6.61 Å². The van der Waals surface area contributed by atoms with Gasteiger partial charge >= 0.3 is 0 Å². The van der Waals surface area contributed by atoms with Crippen LogP contribution in [0.5, 0.6) is 0 Å². The molecular weight excluding hydrogens is 152 g/mol. The van der Waals surface area contributed by atoms with Gasteiger partial charge in [0.1, 0.15) is 6.29 Å². The molecule has 2 nitrogen and oxygen atoms in total. The number of hydrogen-bond acceptors (Lipinski definition) is 2. The zero-order valence-corrected chi connectivity index (χ0v) is 7.71. The monoisotopic (exact) mass is 168 g/mol. The highest BCUT2D eigenvalue weighted by Crippen LogP contribution is 2.44. The van der Waals surface area contributed by atoms with Crippen molar-refractivity contribution < 1.29 is 9.90 Å². The average Bonchev–Trinajstić information content (AvgIpc) is 2.28. The van der Waals surface area contributed by atoms with Crippen LogP contribution in [0.25, 0.3) is 0 Å². The Morgan fingerprint density at radius 3 is 2.83 bits per heavy atom. The van der Waals surface area contributed by atoms with Gasteiger partial charge < -0.3 is 9.90 Å². The number of aliphatic hydroxyl groups excluding tert-OH is 1. The van der Waals surface area contributed by atoms with Crippen molar-refractivity contribution in [3.05, 3.63) is 11.6 Å². The summed E-state index contributed by atoms with van der Waals surface area (Å²) < 4.78 is 0. The van der Waals surface area contributed by atoms with Crippen LogP contribution in [0.15, 0.2) is 11.6 Å². The molecule has 0 heterocycles. The summed E-state index contributed by atoms with van der Waals surface area (Å²) in [6.45, 7) is 4.31. The lowest BCUT2D eigenvalue weighted by atomic mass is 9.76. The molecule has 0 amide bonds. The third-order valence-electron chi connectivity index (χ3n) is 3.05. The van der Waals surface area contributed by atoms with Crippen LogP contribution in [0.4, 0.5) is 0 Å². The van der Waals surface area contributed by atoms with E-state index in [9.17, 15) is 4.79 Å². The van der Waals surface area contributed by atoms with Gasteiger partial charge in [0.15, 0.2) is 0 Å². The van der Waals surface area contributed by atoms with Crippen molar-refractivity contribution in [2.45, 2.75) is 26.7 Å². The van der Waals surface area contributed by atoms with Gasteiger partial charge in [-0.25, -0.2) is 0 Å². The predicted octanol–water partition coefficient (Wildman–Crippen LogP) is 1.54. The van der Waals surface area contributed by atoms with Gasteiger partial charge in [-0.15, -0.1) is 0 Å². The Labute approximate surface area is 73.3 Å². The second-order valence-corrected chi connectivity index (χ2v) is 3.94. The fourth-order valence-electron chi connectivity index (χ4n) is 1.88. The van der Waals surface area contributed by atoms with Gasteiger partial charge in [0, 0.05) is 6.42 Å². The summed E-state index contributed by atoms with van der Waals surface area (Å²) in [7, 11) is 0. The lowest BCUT2D eigenvalue weighted by Crippen LogP contribution is -2.23. The second kappa shape index (κ2) is 3.40. The molecule has 1 aliphatic rings. The lowest BCUT2D eigenvalue weighted by Gasteiger charge is -2.28. The fourth-order valence-corrected chi connectivity index (χ4v) is 1.88. The van der Waals surface area contributed by atoms with Crippen LogP contribution >= 0.6 is 0 Å². The van der Waals surface area contributed by atoms with Crippen molar-refractivity contribution in [1.29, 1.82) is 0 Å². The van der Waals surface area contributed by atoms with Crippen LogP contribution < -0.4 is 0 Å². The number of carbonyl (C=O) groups is 1. The van der Waals surface area contributed by atoms with Gasteiger partial charge in [0.2, 0.25) is 0 Å². The number of hydrogen-bond donors (Lipinski definition) is 1. The lowest BCUT2D eigenvalue weighted by molar-refractivity contribution is -0.109. The molecule has 0 radical (unpaired) electrons. The van der Waals surface area contributed by atoms with Crippen molar-refractivity contribution in [2.75, 3.05) is 6.61 Å². The normalized spacial score (nSPS) is 26.9. The van der Waals surface area contributed by atoms with E-state index in [0.717, 1.165) is 18.3 Å². The van der Waals surface area contributed by atoms with Crippen LogP contribution in [-0.2, 0) is 4.79 Å². The van der Waals surface area contributed by atoms with E-state index in [-0.39, 0.29) is 12.0 Å². The minimum absolute atomic E-state index is 0.00958. The highest BCUT2D eigenvalue weighted by atomic mass is 16.3. The molecule has 0 aromatic heterocycles. The van der Waals surface area contributed by atoms with E-state index in [4.69, 9.17) is 5.11 Å². The van der Waals surface area contributed by atoms with Gasteiger partial charge in [-0.1, -0.05) is 19.9 Å².